The number of esters is 1. The number of carbonyl (C=O) groups is 1. The van der Waals surface area contributed by atoms with Crippen molar-refractivity contribution in [3.63, 3.8) is 0 Å². The molecular formula is C14H27O2. The summed E-state index contributed by atoms with van der Waals surface area (Å²) in [4.78, 5) is 10.8. The van der Waals surface area contributed by atoms with Crippen LogP contribution in [0.3, 0.4) is 0 Å². The van der Waals surface area contributed by atoms with Gasteiger partial charge in [0.1, 0.15) is 0 Å². The van der Waals surface area contributed by atoms with Gasteiger partial charge in [0.05, 0.1) is 7.11 Å². The molecular weight excluding hydrogens is 200 g/mol. The Morgan fingerprint density at radius 1 is 1.25 bits per heavy atom. The van der Waals surface area contributed by atoms with Crippen molar-refractivity contribution in [3.8, 4) is 0 Å². The molecule has 95 valence electrons. The summed E-state index contributed by atoms with van der Waals surface area (Å²) >= 11 is 0. The van der Waals surface area contributed by atoms with Crippen LogP contribution in [0.4, 0.5) is 0 Å². The van der Waals surface area contributed by atoms with E-state index in [1.165, 1.54) is 39.2 Å². The Morgan fingerprint density at radius 3 is 2.56 bits per heavy atom. The molecule has 2 heteroatoms. The SMILES string of the molecule is CCC[CH][C@H](C)CCCCCCC(=O)OC. The van der Waals surface area contributed by atoms with Gasteiger partial charge in [-0.15, -0.1) is 0 Å². The second-order valence-electron chi connectivity index (χ2n) is 4.53. The largest absolute Gasteiger partial charge is 0.469 e. The summed E-state index contributed by atoms with van der Waals surface area (Å²) < 4.78 is 4.60. The Balaban J connectivity index is 3.17. The molecule has 0 saturated heterocycles. The lowest BCUT2D eigenvalue weighted by Gasteiger charge is -2.09. The van der Waals surface area contributed by atoms with Crippen LogP contribution in [0.1, 0.15) is 65.2 Å². The number of ether oxygens (including phenoxy) is 1. The minimum absolute atomic E-state index is 0.0790. The molecule has 0 rings (SSSR count). The average molecular weight is 227 g/mol. The van der Waals surface area contributed by atoms with Gasteiger partial charge in [-0.1, -0.05) is 52.4 Å². The molecule has 0 aromatic rings. The Labute approximate surface area is 101 Å². The average Bonchev–Trinajstić information content (AvgIpc) is 2.30. The third-order valence-corrected chi connectivity index (χ3v) is 2.88. The quantitative estimate of drug-likeness (QED) is 0.414. The van der Waals surface area contributed by atoms with Crippen LogP contribution in [-0.4, -0.2) is 13.1 Å². The normalized spacial score (nSPS) is 12.4. The number of hydrogen-bond donors (Lipinski definition) is 0. The van der Waals surface area contributed by atoms with E-state index in [0.717, 1.165) is 18.8 Å². The van der Waals surface area contributed by atoms with Crippen LogP contribution in [0.2, 0.25) is 0 Å². The summed E-state index contributed by atoms with van der Waals surface area (Å²) in [6.45, 7) is 4.51. The summed E-state index contributed by atoms with van der Waals surface area (Å²) in [5.41, 5.74) is 0. The molecule has 0 aromatic heterocycles. The van der Waals surface area contributed by atoms with E-state index in [0.29, 0.717) is 6.42 Å². The van der Waals surface area contributed by atoms with Gasteiger partial charge in [0.2, 0.25) is 0 Å². The van der Waals surface area contributed by atoms with Gasteiger partial charge in [0, 0.05) is 6.42 Å². The summed E-state index contributed by atoms with van der Waals surface area (Å²) in [5.74, 6) is 0.671. The van der Waals surface area contributed by atoms with Crippen LogP contribution >= 0.6 is 0 Å². The van der Waals surface area contributed by atoms with Crippen molar-refractivity contribution < 1.29 is 9.53 Å². The zero-order chi connectivity index (χ0) is 12.2. The van der Waals surface area contributed by atoms with E-state index in [2.05, 4.69) is 25.0 Å². The number of carbonyl (C=O) groups excluding carboxylic acids is 1. The fourth-order valence-corrected chi connectivity index (χ4v) is 1.76. The van der Waals surface area contributed by atoms with Gasteiger partial charge >= 0.3 is 5.97 Å². The summed E-state index contributed by atoms with van der Waals surface area (Å²) in [5, 5.41) is 0. The maximum atomic E-state index is 10.8. The predicted octanol–water partition coefficient (Wildman–Crippen LogP) is 4.14. The van der Waals surface area contributed by atoms with E-state index >= 15 is 0 Å². The molecule has 0 heterocycles. The molecule has 0 saturated carbocycles. The number of methoxy groups -OCH3 is 1. The van der Waals surface area contributed by atoms with Gasteiger partial charge in [-0.05, 0) is 18.8 Å². The standard InChI is InChI=1S/C14H27O2/c1-4-5-10-13(2)11-8-6-7-9-12-14(15)16-3/h10,13H,4-9,11-12H2,1-3H3/t13-/m0/s1. The monoisotopic (exact) mass is 227 g/mol. The first-order valence-electron chi connectivity index (χ1n) is 6.60. The molecule has 0 spiro atoms. The van der Waals surface area contributed by atoms with Crippen molar-refractivity contribution in [1.82, 2.24) is 0 Å². The molecule has 0 amide bonds. The molecule has 0 unspecified atom stereocenters. The van der Waals surface area contributed by atoms with Crippen molar-refractivity contribution in [2.75, 3.05) is 7.11 Å². The Bertz CT molecular complexity index is 166. The zero-order valence-electron chi connectivity index (χ0n) is 11.1. The lowest BCUT2D eigenvalue weighted by Crippen LogP contribution is -1.99. The maximum Gasteiger partial charge on any atom is 0.305 e. The summed E-state index contributed by atoms with van der Waals surface area (Å²) in [6, 6.07) is 0. The van der Waals surface area contributed by atoms with E-state index < -0.39 is 0 Å². The highest BCUT2D eigenvalue weighted by Crippen LogP contribution is 2.15. The maximum absolute atomic E-state index is 10.8. The first-order chi connectivity index (χ1) is 7.70. The van der Waals surface area contributed by atoms with Crippen molar-refractivity contribution in [2.24, 2.45) is 5.92 Å². The van der Waals surface area contributed by atoms with Gasteiger partial charge < -0.3 is 4.74 Å². The summed E-state index contributed by atoms with van der Waals surface area (Å²) in [6.07, 6.45) is 11.4. The summed E-state index contributed by atoms with van der Waals surface area (Å²) in [7, 11) is 1.45. The highest BCUT2D eigenvalue weighted by Gasteiger charge is 2.02. The van der Waals surface area contributed by atoms with Crippen LogP contribution in [0.15, 0.2) is 0 Å². The second-order valence-corrected chi connectivity index (χ2v) is 4.53. The van der Waals surface area contributed by atoms with Gasteiger partial charge in [0.25, 0.3) is 0 Å². The fourth-order valence-electron chi connectivity index (χ4n) is 1.76. The van der Waals surface area contributed by atoms with Gasteiger partial charge in [-0.3, -0.25) is 4.79 Å². The number of hydrogen-bond acceptors (Lipinski definition) is 2. The molecule has 0 fully saturated rings. The highest BCUT2D eigenvalue weighted by molar-refractivity contribution is 5.68. The van der Waals surface area contributed by atoms with E-state index in [4.69, 9.17) is 0 Å². The topological polar surface area (TPSA) is 26.3 Å². The molecule has 1 atom stereocenters. The van der Waals surface area contributed by atoms with Gasteiger partial charge in [0.15, 0.2) is 0 Å². The minimum Gasteiger partial charge on any atom is -0.469 e. The van der Waals surface area contributed by atoms with Gasteiger partial charge in [-0.2, -0.15) is 0 Å². The highest BCUT2D eigenvalue weighted by atomic mass is 16.5. The molecule has 0 aliphatic carbocycles. The smallest absolute Gasteiger partial charge is 0.305 e. The van der Waals surface area contributed by atoms with E-state index in [9.17, 15) is 4.79 Å². The molecule has 1 radical (unpaired) electrons. The molecule has 2 nitrogen and oxygen atoms in total. The van der Waals surface area contributed by atoms with E-state index in [-0.39, 0.29) is 5.97 Å². The number of rotatable bonds is 10. The van der Waals surface area contributed by atoms with Crippen LogP contribution in [0, 0.1) is 12.3 Å². The van der Waals surface area contributed by atoms with E-state index in [1.807, 2.05) is 0 Å². The Hall–Kier alpha value is -0.530. The van der Waals surface area contributed by atoms with Crippen LogP contribution in [0.25, 0.3) is 0 Å². The predicted molar refractivity (Wildman–Crippen MR) is 68.1 cm³/mol. The Morgan fingerprint density at radius 2 is 1.94 bits per heavy atom. The van der Waals surface area contributed by atoms with Crippen molar-refractivity contribution in [1.29, 1.82) is 0 Å². The third kappa shape index (κ3) is 10.0. The lowest BCUT2D eigenvalue weighted by atomic mass is 9.97. The number of unbranched alkanes of at least 4 members (excludes halogenated alkanes) is 4. The molecule has 0 bridgehead atoms. The van der Waals surface area contributed by atoms with Crippen LogP contribution in [-0.2, 0) is 9.53 Å². The lowest BCUT2D eigenvalue weighted by molar-refractivity contribution is -0.140. The third-order valence-electron chi connectivity index (χ3n) is 2.88. The van der Waals surface area contributed by atoms with Crippen LogP contribution < -0.4 is 0 Å². The van der Waals surface area contributed by atoms with Crippen molar-refractivity contribution in [3.05, 3.63) is 6.42 Å². The molecule has 0 aromatic carbocycles. The minimum atomic E-state index is -0.0790. The zero-order valence-corrected chi connectivity index (χ0v) is 11.1. The fraction of sp³-hybridized carbons (Fsp3) is 0.857. The van der Waals surface area contributed by atoms with Crippen molar-refractivity contribution in [2.45, 2.75) is 65.2 Å². The first kappa shape index (κ1) is 15.5. The first-order valence-corrected chi connectivity index (χ1v) is 6.60. The molecule has 0 aliphatic rings. The molecule has 16 heavy (non-hydrogen) atoms. The molecule has 0 aliphatic heterocycles. The molecule has 0 N–H and O–H groups in total. The van der Waals surface area contributed by atoms with Gasteiger partial charge in [-0.25, -0.2) is 0 Å². The van der Waals surface area contributed by atoms with Crippen LogP contribution in [0.5, 0.6) is 0 Å². The van der Waals surface area contributed by atoms with E-state index in [1.54, 1.807) is 0 Å². The Kier molecular flexibility index (Phi) is 10.6. The second kappa shape index (κ2) is 11.0. The van der Waals surface area contributed by atoms with Crippen molar-refractivity contribution >= 4 is 5.97 Å².